The van der Waals surface area contributed by atoms with Crippen molar-refractivity contribution in [1.82, 2.24) is 19.7 Å². The Morgan fingerprint density at radius 1 is 1.26 bits per heavy atom. The van der Waals surface area contributed by atoms with E-state index in [2.05, 4.69) is 15.1 Å². The number of aromatic amines is 1. The third-order valence-electron chi connectivity index (χ3n) is 3.09. The molecule has 6 heteroatoms. The molecule has 19 heavy (non-hydrogen) atoms. The summed E-state index contributed by atoms with van der Waals surface area (Å²) in [5.74, 6) is 0. The van der Waals surface area contributed by atoms with Gasteiger partial charge in [0.1, 0.15) is 5.52 Å². The zero-order valence-corrected chi connectivity index (χ0v) is 10.4. The predicted molar refractivity (Wildman–Crippen MR) is 72.5 cm³/mol. The van der Waals surface area contributed by atoms with Gasteiger partial charge in [-0.25, -0.2) is 4.98 Å². The van der Waals surface area contributed by atoms with Gasteiger partial charge in [-0.1, -0.05) is 24.3 Å². The van der Waals surface area contributed by atoms with Crippen molar-refractivity contribution in [3.8, 4) is 11.3 Å². The second-order valence-electron chi connectivity index (χ2n) is 4.30. The average molecular weight is 255 g/mol. The molecule has 0 bridgehead atoms. The lowest BCUT2D eigenvalue weighted by Gasteiger charge is -2.03. The van der Waals surface area contributed by atoms with Crippen molar-refractivity contribution in [3.63, 3.8) is 0 Å². The van der Waals surface area contributed by atoms with Crippen molar-refractivity contribution >= 4 is 11.0 Å². The highest BCUT2D eigenvalue weighted by molar-refractivity contribution is 5.89. The molecule has 3 rings (SSSR count). The number of H-pyrrole nitrogens is 1. The molecule has 2 heterocycles. The van der Waals surface area contributed by atoms with Crippen LogP contribution in [0.3, 0.4) is 0 Å². The van der Waals surface area contributed by atoms with Crippen LogP contribution >= 0.6 is 0 Å². The Balaban J connectivity index is 2.26. The first-order valence-corrected chi connectivity index (χ1v) is 5.90. The van der Waals surface area contributed by atoms with Crippen LogP contribution in [0.1, 0.15) is 5.56 Å². The minimum atomic E-state index is -0.231. The van der Waals surface area contributed by atoms with Gasteiger partial charge in [0.2, 0.25) is 0 Å². The predicted octanol–water partition coefficient (Wildman–Crippen LogP) is 0.782. The standard InChI is InChI=1S/C13H13N5O/c1-18-12(9-4-2-8(6-14)3-5-9)10-11(17-18)13(19)16-7-15-10/h2-5,7H,6,14H2,1H3,(H,15,16,19). The fourth-order valence-corrected chi connectivity index (χ4v) is 2.13. The minimum absolute atomic E-state index is 0.231. The van der Waals surface area contributed by atoms with Gasteiger partial charge < -0.3 is 10.7 Å². The molecule has 3 N–H and O–H groups in total. The Bertz CT molecular complexity index is 785. The second-order valence-corrected chi connectivity index (χ2v) is 4.30. The summed E-state index contributed by atoms with van der Waals surface area (Å²) < 4.78 is 1.67. The van der Waals surface area contributed by atoms with E-state index in [0.717, 1.165) is 16.8 Å². The second kappa shape index (κ2) is 4.33. The molecular weight excluding hydrogens is 242 g/mol. The quantitative estimate of drug-likeness (QED) is 0.708. The third kappa shape index (κ3) is 1.82. The van der Waals surface area contributed by atoms with Gasteiger partial charge in [-0.05, 0) is 5.56 Å². The highest BCUT2D eigenvalue weighted by Gasteiger charge is 2.14. The van der Waals surface area contributed by atoms with E-state index in [4.69, 9.17) is 5.73 Å². The molecule has 0 saturated carbocycles. The molecule has 96 valence electrons. The van der Waals surface area contributed by atoms with E-state index in [0.29, 0.717) is 17.6 Å². The smallest absolute Gasteiger partial charge is 0.279 e. The van der Waals surface area contributed by atoms with E-state index in [1.54, 1.807) is 11.7 Å². The largest absolute Gasteiger partial charge is 0.326 e. The summed E-state index contributed by atoms with van der Waals surface area (Å²) >= 11 is 0. The van der Waals surface area contributed by atoms with Crippen LogP contribution in [0.15, 0.2) is 35.4 Å². The maximum absolute atomic E-state index is 11.7. The molecule has 0 saturated heterocycles. The SMILES string of the molecule is Cn1nc2c(=O)[nH]cnc2c1-c1ccc(CN)cc1. The van der Waals surface area contributed by atoms with E-state index in [-0.39, 0.29) is 5.56 Å². The maximum Gasteiger partial charge on any atom is 0.279 e. The fourth-order valence-electron chi connectivity index (χ4n) is 2.13. The number of rotatable bonds is 2. The van der Waals surface area contributed by atoms with Crippen LogP contribution in [-0.2, 0) is 13.6 Å². The first kappa shape index (κ1) is 11.6. The number of aryl methyl sites for hydroxylation is 1. The Morgan fingerprint density at radius 3 is 2.68 bits per heavy atom. The monoisotopic (exact) mass is 255 g/mol. The lowest BCUT2D eigenvalue weighted by atomic mass is 10.1. The minimum Gasteiger partial charge on any atom is -0.326 e. The third-order valence-corrected chi connectivity index (χ3v) is 3.09. The molecule has 1 aromatic carbocycles. The summed E-state index contributed by atoms with van der Waals surface area (Å²) in [6.45, 7) is 0.504. The average Bonchev–Trinajstić information content (AvgIpc) is 2.77. The van der Waals surface area contributed by atoms with Crippen LogP contribution in [0.2, 0.25) is 0 Å². The lowest BCUT2D eigenvalue weighted by Crippen LogP contribution is -2.06. The lowest BCUT2D eigenvalue weighted by molar-refractivity contribution is 0.786. The first-order valence-electron chi connectivity index (χ1n) is 5.90. The zero-order chi connectivity index (χ0) is 13.4. The van der Waals surface area contributed by atoms with Crippen molar-refractivity contribution in [2.24, 2.45) is 12.8 Å². The number of benzene rings is 1. The normalized spacial score (nSPS) is 11.1. The van der Waals surface area contributed by atoms with Crippen molar-refractivity contribution < 1.29 is 0 Å². The summed E-state index contributed by atoms with van der Waals surface area (Å²) in [6, 6.07) is 7.84. The number of aromatic nitrogens is 4. The summed E-state index contributed by atoms with van der Waals surface area (Å²) in [6.07, 6.45) is 1.39. The molecule has 0 aliphatic rings. The van der Waals surface area contributed by atoms with Crippen molar-refractivity contribution in [2.75, 3.05) is 0 Å². The van der Waals surface area contributed by atoms with Gasteiger partial charge in [0, 0.05) is 19.2 Å². The molecule has 2 aromatic heterocycles. The molecule has 0 amide bonds. The molecule has 0 atom stereocenters. The Labute approximate surface area is 108 Å². The Kier molecular flexibility index (Phi) is 2.64. The van der Waals surface area contributed by atoms with E-state index >= 15 is 0 Å². The van der Waals surface area contributed by atoms with Gasteiger partial charge in [0.25, 0.3) is 5.56 Å². The topological polar surface area (TPSA) is 89.6 Å². The fraction of sp³-hybridized carbons (Fsp3) is 0.154. The van der Waals surface area contributed by atoms with Gasteiger partial charge >= 0.3 is 0 Å². The van der Waals surface area contributed by atoms with Gasteiger partial charge in [-0.15, -0.1) is 0 Å². The summed E-state index contributed by atoms with van der Waals surface area (Å²) in [7, 11) is 1.80. The molecular formula is C13H13N5O. The Hall–Kier alpha value is -2.47. The van der Waals surface area contributed by atoms with E-state index < -0.39 is 0 Å². The van der Waals surface area contributed by atoms with E-state index in [9.17, 15) is 4.79 Å². The van der Waals surface area contributed by atoms with Gasteiger partial charge in [0.05, 0.1) is 12.0 Å². The first-order chi connectivity index (χ1) is 9.20. The summed E-state index contributed by atoms with van der Waals surface area (Å²) in [4.78, 5) is 18.4. The van der Waals surface area contributed by atoms with Gasteiger partial charge in [-0.3, -0.25) is 9.48 Å². The number of fused-ring (bicyclic) bond motifs is 1. The van der Waals surface area contributed by atoms with Gasteiger partial charge in [-0.2, -0.15) is 5.10 Å². The van der Waals surface area contributed by atoms with Crippen LogP contribution < -0.4 is 11.3 Å². The molecule has 0 unspecified atom stereocenters. The number of nitrogens with one attached hydrogen (secondary N) is 1. The molecule has 6 nitrogen and oxygen atoms in total. The summed E-state index contributed by atoms with van der Waals surface area (Å²) in [5.41, 5.74) is 9.14. The molecule has 3 aromatic rings. The van der Waals surface area contributed by atoms with Crippen molar-refractivity contribution in [2.45, 2.75) is 6.54 Å². The number of nitrogens with two attached hydrogens (primary N) is 1. The van der Waals surface area contributed by atoms with E-state index in [1.807, 2.05) is 24.3 Å². The van der Waals surface area contributed by atoms with Crippen LogP contribution in [-0.4, -0.2) is 19.7 Å². The maximum atomic E-state index is 11.7. The number of hydrogen-bond donors (Lipinski definition) is 2. The van der Waals surface area contributed by atoms with Crippen LogP contribution in [0.4, 0.5) is 0 Å². The molecule has 0 spiro atoms. The summed E-state index contributed by atoms with van der Waals surface area (Å²) in [5, 5.41) is 4.22. The van der Waals surface area contributed by atoms with Crippen molar-refractivity contribution in [1.29, 1.82) is 0 Å². The van der Waals surface area contributed by atoms with Gasteiger partial charge in [0.15, 0.2) is 5.52 Å². The molecule has 0 radical (unpaired) electrons. The van der Waals surface area contributed by atoms with Crippen LogP contribution in [0.25, 0.3) is 22.3 Å². The zero-order valence-electron chi connectivity index (χ0n) is 10.4. The van der Waals surface area contributed by atoms with Crippen LogP contribution in [0, 0.1) is 0 Å². The molecule has 0 aliphatic carbocycles. The molecule has 0 aliphatic heterocycles. The van der Waals surface area contributed by atoms with Crippen LogP contribution in [0.5, 0.6) is 0 Å². The van der Waals surface area contributed by atoms with Crippen molar-refractivity contribution in [3.05, 3.63) is 46.5 Å². The molecule has 0 fully saturated rings. The van der Waals surface area contributed by atoms with E-state index in [1.165, 1.54) is 6.33 Å². The Morgan fingerprint density at radius 2 is 2.00 bits per heavy atom. The number of hydrogen-bond acceptors (Lipinski definition) is 4. The number of nitrogens with zero attached hydrogens (tertiary/aromatic N) is 3. The highest BCUT2D eigenvalue weighted by atomic mass is 16.1. The highest BCUT2D eigenvalue weighted by Crippen LogP contribution is 2.25.